The number of hydrogen-bond acceptors (Lipinski definition) is 6. The second kappa shape index (κ2) is 8.50. The molecule has 0 aromatic carbocycles. The van der Waals surface area contributed by atoms with Gasteiger partial charge in [-0.2, -0.15) is 0 Å². The summed E-state index contributed by atoms with van der Waals surface area (Å²) in [6.45, 7) is 3.24. The monoisotopic (exact) mass is 306 g/mol. The summed E-state index contributed by atoms with van der Waals surface area (Å²) < 4.78 is 0. The molecule has 8 nitrogen and oxygen atoms in total. The third kappa shape index (κ3) is 4.97. The van der Waals surface area contributed by atoms with Gasteiger partial charge in [-0.05, 0) is 25.1 Å². The number of rotatable bonds is 7. The van der Waals surface area contributed by atoms with Crippen LogP contribution in [0.1, 0.15) is 30.6 Å². The number of nitrogens with zero attached hydrogens (tertiary/aromatic N) is 3. The van der Waals surface area contributed by atoms with E-state index in [1.165, 1.54) is 12.3 Å². The number of carbonyl (C=O) groups excluding carboxylic acids is 1. The molecular formula is C14H18N4O4. The second-order valence-corrected chi connectivity index (χ2v) is 4.61. The van der Waals surface area contributed by atoms with Crippen LogP contribution in [-0.4, -0.2) is 39.3 Å². The van der Waals surface area contributed by atoms with Crippen molar-refractivity contribution < 1.29 is 14.9 Å². The third-order valence-corrected chi connectivity index (χ3v) is 3.04. The van der Waals surface area contributed by atoms with Gasteiger partial charge in [-0.15, -0.1) is 0 Å². The summed E-state index contributed by atoms with van der Waals surface area (Å²) in [6, 6.07) is 2.38. The first-order valence-electron chi connectivity index (χ1n) is 6.70. The molecule has 22 heavy (non-hydrogen) atoms. The molecule has 0 aliphatic rings. The van der Waals surface area contributed by atoms with Gasteiger partial charge < -0.3 is 10.5 Å². The van der Waals surface area contributed by atoms with Crippen molar-refractivity contribution in [2.45, 2.75) is 26.3 Å². The van der Waals surface area contributed by atoms with Crippen molar-refractivity contribution in [2.24, 2.45) is 5.16 Å². The molecule has 8 heteroatoms. The largest absolute Gasteiger partial charge is 0.411 e. The van der Waals surface area contributed by atoms with Crippen molar-refractivity contribution in [3.05, 3.63) is 51.9 Å². The molecule has 1 atom stereocenters. The van der Waals surface area contributed by atoms with Gasteiger partial charge in [0, 0.05) is 29.3 Å². The Morgan fingerprint density at radius 2 is 2.36 bits per heavy atom. The van der Waals surface area contributed by atoms with Crippen LogP contribution in [0.3, 0.4) is 0 Å². The van der Waals surface area contributed by atoms with Crippen LogP contribution in [0.2, 0.25) is 0 Å². The van der Waals surface area contributed by atoms with E-state index in [4.69, 9.17) is 5.21 Å². The summed E-state index contributed by atoms with van der Waals surface area (Å²) in [7, 11) is 0. The highest BCUT2D eigenvalue weighted by molar-refractivity contribution is 6.01. The molecule has 0 fully saturated rings. The van der Waals surface area contributed by atoms with Gasteiger partial charge in [-0.3, -0.25) is 19.9 Å². The number of pyridine rings is 1. The van der Waals surface area contributed by atoms with Crippen LogP contribution in [0.15, 0.2) is 41.3 Å². The molecule has 1 unspecified atom stereocenters. The zero-order chi connectivity index (χ0) is 16.5. The van der Waals surface area contributed by atoms with Gasteiger partial charge >= 0.3 is 0 Å². The molecule has 0 radical (unpaired) electrons. The average Bonchev–Trinajstić information content (AvgIpc) is 2.52. The molecule has 1 heterocycles. The van der Waals surface area contributed by atoms with Crippen LogP contribution in [-0.2, 0) is 0 Å². The fourth-order valence-corrected chi connectivity index (χ4v) is 1.88. The first kappa shape index (κ1) is 17.3. The topological polar surface area (TPSA) is 118 Å². The van der Waals surface area contributed by atoms with Gasteiger partial charge in [0.25, 0.3) is 5.91 Å². The van der Waals surface area contributed by atoms with Gasteiger partial charge in [0.2, 0.25) is 6.04 Å². The van der Waals surface area contributed by atoms with Crippen LogP contribution in [0.5, 0.6) is 0 Å². The fraction of sp³-hybridized carbons (Fsp3) is 0.357. The minimum absolute atomic E-state index is 0.0459. The van der Waals surface area contributed by atoms with E-state index in [0.717, 1.165) is 0 Å². The Morgan fingerprint density at radius 3 is 2.86 bits per heavy atom. The van der Waals surface area contributed by atoms with E-state index in [9.17, 15) is 14.9 Å². The van der Waals surface area contributed by atoms with Crippen LogP contribution < -0.4 is 5.32 Å². The lowest BCUT2D eigenvalue weighted by atomic mass is 10.1. The van der Waals surface area contributed by atoms with Crippen LogP contribution in [0.25, 0.3) is 0 Å². The standard InChI is InChI=1S/C14H18N4O4/c1-3-13(18(21)22)10(2)7-12(17-20)9-16-14(19)11-5-4-6-15-8-11/h4-8,13,20H,3,9H2,1-2H3,(H,16,19)/b10-7+,17-12+. The van der Waals surface area contributed by atoms with Gasteiger partial charge in [0.1, 0.15) is 0 Å². The first-order chi connectivity index (χ1) is 10.5. The maximum absolute atomic E-state index is 11.8. The Labute approximate surface area is 127 Å². The number of oxime groups is 1. The van der Waals surface area contributed by atoms with Crippen LogP contribution >= 0.6 is 0 Å². The Hall–Kier alpha value is -2.77. The Kier molecular flexibility index (Phi) is 6.68. The highest BCUT2D eigenvalue weighted by Gasteiger charge is 2.20. The highest BCUT2D eigenvalue weighted by atomic mass is 16.6. The minimum atomic E-state index is -0.842. The number of nitrogens with one attached hydrogen (secondary N) is 1. The lowest BCUT2D eigenvalue weighted by molar-refractivity contribution is -0.512. The molecule has 0 bridgehead atoms. The summed E-state index contributed by atoms with van der Waals surface area (Å²) in [6.07, 6.45) is 4.69. The molecular weight excluding hydrogens is 288 g/mol. The zero-order valence-corrected chi connectivity index (χ0v) is 12.4. The lowest BCUT2D eigenvalue weighted by Gasteiger charge is -2.08. The zero-order valence-electron chi connectivity index (χ0n) is 12.4. The van der Waals surface area contributed by atoms with Gasteiger partial charge in [0.15, 0.2) is 0 Å². The van der Waals surface area contributed by atoms with Gasteiger partial charge in [0.05, 0.1) is 17.8 Å². The summed E-state index contributed by atoms with van der Waals surface area (Å²) in [4.78, 5) is 26.1. The molecule has 1 rings (SSSR count). The summed E-state index contributed by atoms with van der Waals surface area (Å²) >= 11 is 0. The van der Waals surface area contributed by atoms with E-state index < -0.39 is 11.0 Å². The van der Waals surface area contributed by atoms with Crippen LogP contribution in [0, 0.1) is 10.1 Å². The van der Waals surface area contributed by atoms with E-state index in [-0.39, 0.29) is 18.2 Å². The molecule has 0 saturated heterocycles. The predicted molar refractivity (Wildman–Crippen MR) is 80.6 cm³/mol. The molecule has 2 N–H and O–H groups in total. The fourth-order valence-electron chi connectivity index (χ4n) is 1.88. The first-order valence-corrected chi connectivity index (χ1v) is 6.70. The van der Waals surface area contributed by atoms with Crippen molar-refractivity contribution in [1.29, 1.82) is 0 Å². The molecule has 0 aliphatic carbocycles. The SMILES string of the molecule is CCC(/C(C)=C/C(CNC(=O)c1cccnc1)=N\O)[N+](=O)[O-]. The molecule has 0 saturated carbocycles. The Balaban J connectivity index is 2.70. The number of carbonyl (C=O) groups is 1. The van der Waals surface area contributed by atoms with Gasteiger partial charge in [-0.1, -0.05) is 12.1 Å². The summed E-state index contributed by atoms with van der Waals surface area (Å²) in [5.74, 6) is -0.373. The highest BCUT2D eigenvalue weighted by Crippen LogP contribution is 2.09. The molecule has 0 aliphatic heterocycles. The van der Waals surface area contributed by atoms with Crippen molar-refractivity contribution in [3.8, 4) is 0 Å². The molecule has 1 amide bonds. The number of hydrogen-bond donors (Lipinski definition) is 2. The molecule has 1 aromatic heterocycles. The smallest absolute Gasteiger partial charge is 0.253 e. The maximum Gasteiger partial charge on any atom is 0.253 e. The lowest BCUT2D eigenvalue weighted by Crippen LogP contribution is -2.29. The van der Waals surface area contributed by atoms with Crippen molar-refractivity contribution in [1.82, 2.24) is 10.3 Å². The number of nitro groups is 1. The average molecular weight is 306 g/mol. The third-order valence-electron chi connectivity index (χ3n) is 3.04. The quantitative estimate of drug-likeness (QED) is 0.343. The molecule has 0 spiro atoms. The Morgan fingerprint density at radius 1 is 1.64 bits per heavy atom. The molecule has 1 aromatic rings. The Bertz CT molecular complexity index is 584. The number of aromatic nitrogens is 1. The van der Waals surface area contributed by atoms with Crippen molar-refractivity contribution >= 4 is 11.6 Å². The second-order valence-electron chi connectivity index (χ2n) is 4.61. The minimum Gasteiger partial charge on any atom is -0.411 e. The van der Waals surface area contributed by atoms with Crippen molar-refractivity contribution in [3.63, 3.8) is 0 Å². The van der Waals surface area contributed by atoms with Crippen molar-refractivity contribution in [2.75, 3.05) is 6.54 Å². The maximum atomic E-state index is 11.8. The van der Waals surface area contributed by atoms with E-state index in [0.29, 0.717) is 17.6 Å². The normalized spacial score (nSPS) is 13.5. The van der Waals surface area contributed by atoms with E-state index >= 15 is 0 Å². The van der Waals surface area contributed by atoms with E-state index in [1.807, 2.05) is 0 Å². The summed E-state index contributed by atoms with van der Waals surface area (Å²) in [5.41, 5.74) is 0.961. The predicted octanol–water partition coefficient (Wildman–Crippen LogP) is 1.64. The van der Waals surface area contributed by atoms with Crippen LogP contribution in [0.4, 0.5) is 0 Å². The summed E-state index contributed by atoms with van der Waals surface area (Å²) in [5, 5.41) is 25.5. The molecule has 118 valence electrons. The number of amides is 1. The van der Waals surface area contributed by atoms with E-state index in [1.54, 1.807) is 32.2 Å². The van der Waals surface area contributed by atoms with Gasteiger partial charge in [-0.25, -0.2) is 0 Å². The van der Waals surface area contributed by atoms with E-state index in [2.05, 4.69) is 15.5 Å².